The second kappa shape index (κ2) is 5.60. The lowest BCUT2D eigenvalue weighted by Gasteiger charge is -2.32. The monoisotopic (exact) mass is 316 g/mol. The number of hydrogen-bond donors (Lipinski definition) is 0. The fourth-order valence-electron chi connectivity index (χ4n) is 4.06. The van der Waals surface area contributed by atoms with E-state index >= 15 is 0 Å². The molecule has 2 aromatic carbocycles. The molecule has 0 spiro atoms. The minimum Gasteiger partial charge on any atom is -0.378 e. The Balaban J connectivity index is 1.81. The molecule has 2 heterocycles. The van der Waals surface area contributed by atoms with E-state index in [1.807, 2.05) is 0 Å². The van der Waals surface area contributed by atoms with Crippen LogP contribution in [0.4, 0.5) is 5.82 Å². The van der Waals surface area contributed by atoms with Gasteiger partial charge in [0.2, 0.25) is 0 Å². The standard InChI is InChI=1S/C21H20N2O/c1-2-6-16-15(5-1)9-10-18-20(16)17-7-3-4-8-19(17)22-21(18)23-11-13-24-14-12-23/h1-8H,9-14H2. The number of pyridine rings is 1. The number of ether oxygens (including phenoxy) is 1. The maximum Gasteiger partial charge on any atom is 0.133 e. The molecule has 3 aromatic rings. The molecule has 0 unspecified atom stereocenters. The van der Waals surface area contributed by atoms with Gasteiger partial charge in [0.05, 0.1) is 18.7 Å². The van der Waals surface area contributed by atoms with Crippen molar-refractivity contribution in [3.8, 4) is 11.1 Å². The number of para-hydroxylation sites is 1. The van der Waals surface area contributed by atoms with Gasteiger partial charge in [0, 0.05) is 24.0 Å². The number of morpholine rings is 1. The lowest BCUT2D eigenvalue weighted by Crippen LogP contribution is -2.37. The first-order valence-electron chi connectivity index (χ1n) is 8.74. The SMILES string of the molecule is c1ccc2c(c1)CCc1c(N3CCOCC3)nc3ccccc3c1-2. The highest BCUT2D eigenvalue weighted by molar-refractivity contribution is 6.00. The van der Waals surface area contributed by atoms with Gasteiger partial charge >= 0.3 is 0 Å². The summed E-state index contributed by atoms with van der Waals surface area (Å²) in [7, 11) is 0. The van der Waals surface area contributed by atoms with Crippen molar-refractivity contribution < 1.29 is 4.74 Å². The Kier molecular flexibility index (Phi) is 3.27. The summed E-state index contributed by atoms with van der Waals surface area (Å²) in [5.74, 6) is 1.17. The lowest BCUT2D eigenvalue weighted by molar-refractivity contribution is 0.122. The molecule has 5 rings (SSSR count). The number of aromatic nitrogens is 1. The van der Waals surface area contributed by atoms with Crippen molar-refractivity contribution in [2.24, 2.45) is 0 Å². The van der Waals surface area contributed by atoms with Crippen LogP contribution in [-0.4, -0.2) is 31.3 Å². The van der Waals surface area contributed by atoms with E-state index in [4.69, 9.17) is 9.72 Å². The largest absolute Gasteiger partial charge is 0.378 e. The van der Waals surface area contributed by atoms with Gasteiger partial charge in [-0.1, -0.05) is 42.5 Å². The third kappa shape index (κ3) is 2.12. The summed E-state index contributed by atoms with van der Waals surface area (Å²) < 4.78 is 5.54. The summed E-state index contributed by atoms with van der Waals surface area (Å²) in [5.41, 5.74) is 6.73. The zero-order chi connectivity index (χ0) is 15.9. The van der Waals surface area contributed by atoms with Crippen molar-refractivity contribution in [1.82, 2.24) is 4.98 Å². The molecular formula is C21H20N2O. The van der Waals surface area contributed by atoms with E-state index in [9.17, 15) is 0 Å². The number of rotatable bonds is 1. The van der Waals surface area contributed by atoms with Crippen LogP contribution in [0.2, 0.25) is 0 Å². The topological polar surface area (TPSA) is 25.4 Å². The highest BCUT2D eigenvalue weighted by Crippen LogP contribution is 2.42. The molecule has 1 aliphatic heterocycles. The van der Waals surface area contributed by atoms with E-state index in [0.29, 0.717) is 0 Å². The Morgan fingerprint density at radius 1 is 0.875 bits per heavy atom. The minimum absolute atomic E-state index is 0.792. The number of nitrogens with zero attached hydrogens (tertiary/aromatic N) is 2. The van der Waals surface area contributed by atoms with Gasteiger partial charge in [0.15, 0.2) is 0 Å². The molecule has 2 aliphatic rings. The average Bonchev–Trinajstić information content (AvgIpc) is 2.67. The van der Waals surface area contributed by atoms with Crippen molar-refractivity contribution in [2.45, 2.75) is 12.8 Å². The normalized spacial score (nSPS) is 16.8. The molecule has 0 N–H and O–H groups in total. The van der Waals surface area contributed by atoms with Crippen molar-refractivity contribution in [3.63, 3.8) is 0 Å². The van der Waals surface area contributed by atoms with Gasteiger partial charge < -0.3 is 9.64 Å². The first-order chi connectivity index (χ1) is 11.9. The zero-order valence-electron chi connectivity index (χ0n) is 13.7. The van der Waals surface area contributed by atoms with E-state index in [0.717, 1.165) is 44.7 Å². The van der Waals surface area contributed by atoms with Crippen LogP contribution in [0, 0.1) is 0 Å². The molecule has 1 fully saturated rings. The highest BCUT2D eigenvalue weighted by Gasteiger charge is 2.25. The summed E-state index contributed by atoms with van der Waals surface area (Å²) in [6.07, 6.45) is 2.16. The number of benzene rings is 2. The molecule has 1 saturated heterocycles. The van der Waals surface area contributed by atoms with Gasteiger partial charge in [0.25, 0.3) is 0 Å². The van der Waals surface area contributed by atoms with Crippen LogP contribution in [0.15, 0.2) is 48.5 Å². The molecule has 0 bridgehead atoms. The molecule has 3 nitrogen and oxygen atoms in total. The number of hydrogen-bond acceptors (Lipinski definition) is 3. The molecule has 0 amide bonds. The van der Waals surface area contributed by atoms with Gasteiger partial charge in [-0.2, -0.15) is 0 Å². The number of fused-ring (bicyclic) bond motifs is 5. The Hall–Kier alpha value is -2.39. The van der Waals surface area contributed by atoms with Crippen LogP contribution >= 0.6 is 0 Å². The summed E-state index contributed by atoms with van der Waals surface area (Å²) in [6, 6.07) is 17.4. The van der Waals surface area contributed by atoms with E-state index in [1.54, 1.807) is 0 Å². The molecule has 120 valence electrons. The van der Waals surface area contributed by atoms with Crippen molar-refractivity contribution >= 4 is 16.7 Å². The average molecular weight is 316 g/mol. The van der Waals surface area contributed by atoms with Crippen LogP contribution in [0.5, 0.6) is 0 Å². The Morgan fingerprint density at radius 2 is 1.67 bits per heavy atom. The summed E-state index contributed by atoms with van der Waals surface area (Å²) in [6.45, 7) is 3.44. The van der Waals surface area contributed by atoms with E-state index in [1.165, 1.54) is 33.5 Å². The summed E-state index contributed by atoms with van der Waals surface area (Å²) >= 11 is 0. The molecular weight excluding hydrogens is 296 g/mol. The maximum atomic E-state index is 5.54. The summed E-state index contributed by atoms with van der Waals surface area (Å²) in [4.78, 5) is 7.46. The smallest absolute Gasteiger partial charge is 0.133 e. The van der Waals surface area contributed by atoms with Crippen molar-refractivity contribution in [3.05, 3.63) is 59.7 Å². The molecule has 3 heteroatoms. The highest BCUT2D eigenvalue weighted by atomic mass is 16.5. The van der Waals surface area contributed by atoms with Crippen molar-refractivity contribution in [1.29, 1.82) is 0 Å². The third-order valence-electron chi connectivity index (χ3n) is 5.21. The molecule has 1 aliphatic carbocycles. The van der Waals surface area contributed by atoms with Crippen LogP contribution < -0.4 is 4.90 Å². The predicted octanol–water partition coefficient (Wildman–Crippen LogP) is 3.84. The van der Waals surface area contributed by atoms with E-state index < -0.39 is 0 Å². The summed E-state index contributed by atoms with van der Waals surface area (Å²) in [5, 5.41) is 1.27. The second-order valence-electron chi connectivity index (χ2n) is 6.56. The first-order valence-corrected chi connectivity index (χ1v) is 8.74. The Morgan fingerprint density at radius 3 is 2.58 bits per heavy atom. The molecule has 0 atom stereocenters. The van der Waals surface area contributed by atoms with Crippen LogP contribution in [0.3, 0.4) is 0 Å². The predicted molar refractivity (Wildman–Crippen MR) is 97.6 cm³/mol. The first kappa shape index (κ1) is 14.0. The second-order valence-corrected chi connectivity index (χ2v) is 6.56. The van der Waals surface area contributed by atoms with Crippen molar-refractivity contribution in [2.75, 3.05) is 31.2 Å². The van der Waals surface area contributed by atoms with Crippen LogP contribution in [-0.2, 0) is 17.6 Å². The quantitative estimate of drug-likeness (QED) is 0.682. The van der Waals surface area contributed by atoms with Gasteiger partial charge in [-0.05, 0) is 35.6 Å². The molecule has 1 aromatic heterocycles. The van der Waals surface area contributed by atoms with Gasteiger partial charge in [-0.3, -0.25) is 0 Å². The van der Waals surface area contributed by atoms with Gasteiger partial charge in [-0.25, -0.2) is 4.98 Å². The zero-order valence-corrected chi connectivity index (χ0v) is 13.7. The molecule has 24 heavy (non-hydrogen) atoms. The van der Waals surface area contributed by atoms with Crippen LogP contribution in [0.25, 0.3) is 22.0 Å². The minimum atomic E-state index is 0.792. The molecule has 0 radical (unpaired) electrons. The van der Waals surface area contributed by atoms with Gasteiger partial charge in [-0.15, -0.1) is 0 Å². The third-order valence-corrected chi connectivity index (χ3v) is 5.21. The Labute approximate surface area is 141 Å². The molecule has 0 saturated carbocycles. The Bertz CT molecular complexity index is 913. The number of anilines is 1. The van der Waals surface area contributed by atoms with Crippen LogP contribution in [0.1, 0.15) is 11.1 Å². The van der Waals surface area contributed by atoms with E-state index in [-0.39, 0.29) is 0 Å². The maximum absolute atomic E-state index is 5.54. The number of aryl methyl sites for hydroxylation is 1. The fraction of sp³-hybridized carbons (Fsp3) is 0.286. The van der Waals surface area contributed by atoms with Gasteiger partial charge in [0.1, 0.15) is 5.82 Å². The van der Waals surface area contributed by atoms with E-state index in [2.05, 4.69) is 53.4 Å². The lowest BCUT2D eigenvalue weighted by atomic mass is 9.83. The fourth-order valence-corrected chi connectivity index (χ4v) is 4.06.